The summed E-state index contributed by atoms with van der Waals surface area (Å²) in [6.07, 6.45) is 5.62. The van der Waals surface area contributed by atoms with Crippen LogP contribution in [-0.2, 0) is 6.42 Å². The highest BCUT2D eigenvalue weighted by Crippen LogP contribution is 2.35. The summed E-state index contributed by atoms with van der Waals surface area (Å²) in [5, 5.41) is 0. The lowest BCUT2D eigenvalue weighted by atomic mass is 9.95. The summed E-state index contributed by atoms with van der Waals surface area (Å²) < 4.78 is 0. The van der Waals surface area contributed by atoms with Crippen LogP contribution in [0.4, 0.5) is 0 Å². The lowest BCUT2D eigenvalue weighted by molar-refractivity contribution is 0.662. The quantitative estimate of drug-likeness (QED) is 0.619. The number of fused-ring (bicyclic) bond motifs is 1. The summed E-state index contributed by atoms with van der Waals surface area (Å²) in [7, 11) is 0. The number of nitrogens with zero attached hydrogens (tertiary/aromatic N) is 1. The van der Waals surface area contributed by atoms with Gasteiger partial charge in [-0.1, -0.05) is 22.0 Å². The number of rotatable bonds is 0. The average Bonchev–Trinajstić information content (AvgIpc) is 2.07. The highest BCUT2D eigenvalue weighted by atomic mass is 79.9. The first-order valence-electron chi connectivity index (χ1n) is 4.37. The van der Waals surface area contributed by atoms with E-state index in [4.69, 9.17) is 0 Å². The summed E-state index contributed by atoms with van der Waals surface area (Å²) in [4.78, 5) is 4.97. The Morgan fingerprint density at radius 1 is 1.58 bits per heavy atom. The van der Waals surface area contributed by atoms with Gasteiger partial charge in [0.05, 0.1) is 0 Å². The normalized spacial score (nSPS) is 22.0. The van der Waals surface area contributed by atoms with Crippen LogP contribution in [0.15, 0.2) is 12.3 Å². The maximum Gasteiger partial charge on any atom is 0.0447 e. The molecule has 1 aliphatic rings. The van der Waals surface area contributed by atoms with E-state index in [1.165, 1.54) is 29.7 Å². The molecule has 0 amide bonds. The number of aryl methyl sites for hydroxylation is 2. The monoisotopic (exact) mass is 225 g/mol. The van der Waals surface area contributed by atoms with Crippen molar-refractivity contribution in [2.24, 2.45) is 0 Å². The standard InChI is InChI=1S/C10H12BrN/c1-7-5-8-9(11)3-2-4-10(8)12-6-7/h5-6,9H,2-4H2,1H3. The topological polar surface area (TPSA) is 12.9 Å². The summed E-state index contributed by atoms with van der Waals surface area (Å²) in [6, 6.07) is 2.25. The fraction of sp³-hybridized carbons (Fsp3) is 0.500. The number of aromatic nitrogens is 1. The molecule has 0 bridgehead atoms. The van der Waals surface area contributed by atoms with Gasteiger partial charge in [0.1, 0.15) is 0 Å². The molecule has 0 saturated carbocycles. The second-order valence-electron chi connectivity index (χ2n) is 3.41. The molecule has 1 nitrogen and oxygen atoms in total. The van der Waals surface area contributed by atoms with Crippen LogP contribution in [0.3, 0.4) is 0 Å². The Bertz CT molecular complexity index is 296. The highest BCUT2D eigenvalue weighted by Gasteiger charge is 2.18. The molecule has 0 spiro atoms. The molecule has 0 aromatic carbocycles. The zero-order valence-electron chi connectivity index (χ0n) is 7.18. The van der Waals surface area contributed by atoms with E-state index in [-0.39, 0.29) is 0 Å². The summed E-state index contributed by atoms with van der Waals surface area (Å²) >= 11 is 3.68. The van der Waals surface area contributed by atoms with E-state index in [9.17, 15) is 0 Å². The minimum atomic E-state index is 0.536. The smallest absolute Gasteiger partial charge is 0.0447 e. The van der Waals surface area contributed by atoms with Crippen molar-refractivity contribution >= 4 is 15.9 Å². The van der Waals surface area contributed by atoms with Crippen LogP contribution in [0.2, 0.25) is 0 Å². The van der Waals surface area contributed by atoms with Crippen molar-refractivity contribution in [2.45, 2.75) is 31.0 Å². The zero-order valence-corrected chi connectivity index (χ0v) is 8.76. The highest BCUT2D eigenvalue weighted by molar-refractivity contribution is 9.09. The Kier molecular flexibility index (Phi) is 2.18. The van der Waals surface area contributed by atoms with Gasteiger partial charge in [-0.3, -0.25) is 4.98 Å². The predicted molar refractivity (Wildman–Crippen MR) is 53.6 cm³/mol. The van der Waals surface area contributed by atoms with E-state index >= 15 is 0 Å². The summed E-state index contributed by atoms with van der Waals surface area (Å²) in [5.41, 5.74) is 3.95. The molecule has 1 atom stereocenters. The Balaban J connectivity index is 2.47. The molecule has 0 saturated heterocycles. The number of hydrogen-bond acceptors (Lipinski definition) is 1. The maximum absolute atomic E-state index is 4.44. The average molecular weight is 226 g/mol. The van der Waals surface area contributed by atoms with Gasteiger partial charge in [0.2, 0.25) is 0 Å². The molecule has 0 fully saturated rings. The largest absolute Gasteiger partial charge is 0.261 e. The third kappa shape index (κ3) is 1.40. The van der Waals surface area contributed by atoms with E-state index in [0.717, 1.165) is 6.42 Å². The molecule has 1 aromatic heterocycles. The van der Waals surface area contributed by atoms with Crippen LogP contribution < -0.4 is 0 Å². The van der Waals surface area contributed by atoms with Gasteiger partial charge >= 0.3 is 0 Å². The Morgan fingerprint density at radius 3 is 3.25 bits per heavy atom. The molecule has 2 rings (SSSR count). The van der Waals surface area contributed by atoms with Crippen LogP contribution in [0.1, 0.15) is 34.5 Å². The molecule has 1 aromatic rings. The minimum absolute atomic E-state index is 0.536. The van der Waals surface area contributed by atoms with Gasteiger partial charge in [-0.15, -0.1) is 0 Å². The van der Waals surface area contributed by atoms with Gasteiger partial charge in [0.15, 0.2) is 0 Å². The predicted octanol–water partition coefficient (Wildman–Crippen LogP) is 3.16. The molecular formula is C10H12BrN. The van der Waals surface area contributed by atoms with Gasteiger partial charge in [-0.2, -0.15) is 0 Å². The lowest BCUT2D eigenvalue weighted by Gasteiger charge is -2.19. The van der Waals surface area contributed by atoms with E-state index in [1.54, 1.807) is 0 Å². The van der Waals surface area contributed by atoms with E-state index < -0.39 is 0 Å². The first-order valence-corrected chi connectivity index (χ1v) is 5.28. The SMILES string of the molecule is Cc1cnc2c(c1)C(Br)CCC2. The summed E-state index contributed by atoms with van der Waals surface area (Å²) in [6.45, 7) is 2.10. The second kappa shape index (κ2) is 3.17. The fourth-order valence-corrected chi connectivity index (χ4v) is 2.42. The molecule has 0 radical (unpaired) electrons. The number of hydrogen-bond donors (Lipinski definition) is 0. The van der Waals surface area contributed by atoms with Gasteiger partial charge in [-0.05, 0) is 37.3 Å². The third-order valence-corrected chi connectivity index (χ3v) is 3.30. The van der Waals surface area contributed by atoms with E-state index in [0.29, 0.717) is 4.83 Å². The van der Waals surface area contributed by atoms with Crippen molar-refractivity contribution in [3.63, 3.8) is 0 Å². The third-order valence-electron chi connectivity index (χ3n) is 2.35. The maximum atomic E-state index is 4.44. The van der Waals surface area contributed by atoms with Crippen LogP contribution in [0.5, 0.6) is 0 Å². The molecule has 1 aliphatic carbocycles. The van der Waals surface area contributed by atoms with Crippen LogP contribution in [-0.4, -0.2) is 4.98 Å². The van der Waals surface area contributed by atoms with Crippen molar-refractivity contribution in [1.29, 1.82) is 0 Å². The Morgan fingerprint density at radius 2 is 2.42 bits per heavy atom. The van der Waals surface area contributed by atoms with Gasteiger partial charge in [0, 0.05) is 16.7 Å². The van der Waals surface area contributed by atoms with Gasteiger partial charge in [0.25, 0.3) is 0 Å². The van der Waals surface area contributed by atoms with Crippen LogP contribution >= 0.6 is 15.9 Å². The Hall–Kier alpha value is -0.370. The van der Waals surface area contributed by atoms with E-state index in [1.807, 2.05) is 6.20 Å². The summed E-state index contributed by atoms with van der Waals surface area (Å²) in [5.74, 6) is 0. The molecular weight excluding hydrogens is 214 g/mol. The number of pyridine rings is 1. The molecule has 0 N–H and O–H groups in total. The van der Waals surface area contributed by atoms with Gasteiger partial charge < -0.3 is 0 Å². The van der Waals surface area contributed by atoms with E-state index in [2.05, 4.69) is 33.9 Å². The zero-order chi connectivity index (χ0) is 8.55. The van der Waals surface area contributed by atoms with Crippen molar-refractivity contribution in [3.05, 3.63) is 29.1 Å². The minimum Gasteiger partial charge on any atom is -0.261 e. The molecule has 2 heteroatoms. The second-order valence-corrected chi connectivity index (χ2v) is 4.51. The Labute approximate surface area is 81.3 Å². The van der Waals surface area contributed by atoms with Crippen molar-refractivity contribution < 1.29 is 0 Å². The first-order chi connectivity index (χ1) is 5.77. The van der Waals surface area contributed by atoms with Gasteiger partial charge in [-0.25, -0.2) is 0 Å². The van der Waals surface area contributed by atoms with Crippen LogP contribution in [0, 0.1) is 6.92 Å². The fourth-order valence-electron chi connectivity index (χ4n) is 1.70. The first kappa shape index (κ1) is 8.24. The number of halogens is 1. The number of alkyl halides is 1. The lowest BCUT2D eigenvalue weighted by Crippen LogP contribution is -2.07. The molecule has 64 valence electrons. The molecule has 1 unspecified atom stereocenters. The van der Waals surface area contributed by atoms with Crippen LogP contribution in [0.25, 0.3) is 0 Å². The molecule has 1 heterocycles. The van der Waals surface area contributed by atoms with Crippen molar-refractivity contribution in [3.8, 4) is 0 Å². The van der Waals surface area contributed by atoms with Crippen molar-refractivity contribution in [1.82, 2.24) is 4.98 Å². The molecule has 12 heavy (non-hydrogen) atoms. The molecule has 0 aliphatic heterocycles. The van der Waals surface area contributed by atoms with Crippen molar-refractivity contribution in [2.75, 3.05) is 0 Å².